The van der Waals surface area contributed by atoms with E-state index in [1.807, 2.05) is 38.1 Å². The van der Waals surface area contributed by atoms with E-state index in [4.69, 9.17) is 16.0 Å². The first-order chi connectivity index (χ1) is 11.5. The Hall–Kier alpha value is -2.11. The molecular formula is C18H15ClN2O2S. The van der Waals surface area contributed by atoms with Crippen molar-refractivity contribution in [3.63, 3.8) is 0 Å². The van der Waals surface area contributed by atoms with Gasteiger partial charge < -0.3 is 4.42 Å². The van der Waals surface area contributed by atoms with Gasteiger partial charge in [-0.25, -0.2) is 0 Å². The number of hydrogen-bond donors (Lipinski definition) is 0. The van der Waals surface area contributed by atoms with Crippen LogP contribution in [0.15, 0.2) is 58.2 Å². The van der Waals surface area contributed by atoms with E-state index < -0.39 is 0 Å². The van der Waals surface area contributed by atoms with Crippen LogP contribution in [0.1, 0.15) is 22.8 Å². The summed E-state index contributed by atoms with van der Waals surface area (Å²) >= 11 is 7.10. The molecule has 0 aliphatic heterocycles. The van der Waals surface area contributed by atoms with Gasteiger partial charge in [0.25, 0.3) is 5.22 Å². The molecule has 0 N–H and O–H groups in total. The summed E-state index contributed by atoms with van der Waals surface area (Å²) in [5.41, 5.74) is 2.56. The zero-order valence-corrected chi connectivity index (χ0v) is 14.8. The molecule has 2 aromatic carbocycles. The molecule has 122 valence electrons. The minimum Gasteiger partial charge on any atom is -0.411 e. The normalized spacial score (nSPS) is 12.1. The Bertz CT molecular complexity index is 861. The molecule has 0 fully saturated rings. The van der Waals surface area contributed by atoms with Crippen LogP contribution in [0.5, 0.6) is 0 Å². The van der Waals surface area contributed by atoms with Crippen LogP contribution >= 0.6 is 23.4 Å². The Morgan fingerprint density at radius 1 is 1.12 bits per heavy atom. The Labute approximate surface area is 149 Å². The molecule has 0 radical (unpaired) electrons. The van der Waals surface area contributed by atoms with Gasteiger partial charge in [-0.05, 0) is 49.7 Å². The van der Waals surface area contributed by atoms with Gasteiger partial charge in [-0.3, -0.25) is 4.79 Å². The van der Waals surface area contributed by atoms with Crippen molar-refractivity contribution < 1.29 is 9.21 Å². The highest BCUT2D eigenvalue weighted by molar-refractivity contribution is 8.00. The molecular weight excluding hydrogens is 344 g/mol. The Balaban J connectivity index is 1.73. The van der Waals surface area contributed by atoms with Crippen molar-refractivity contribution in [1.29, 1.82) is 0 Å². The molecule has 6 heteroatoms. The van der Waals surface area contributed by atoms with Crippen LogP contribution in [0.3, 0.4) is 0 Å². The highest BCUT2D eigenvalue weighted by Crippen LogP contribution is 2.29. The summed E-state index contributed by atoms with van der Waals surface area (Å²) < 4.78 is 5.69. The molecule has 0 spiro atoms. The van der Waals surface area contributed by atoms with Gasteiger partial charge in [0.15, 0.2) is 5.78 Å². The third kappa shape index (κ3) is 3.68. The van der Waals surface area contributed by atoms with Crippen molar-refractivity contribution in [2.45, 2.75) is 24.3 Å². The van der Waals surface area contributed by atoms with E-state index in [0.717, 1.165) is 11.1 Å². The smallest absolute Gasteiger partial charge is 0.277 e. The van der Waals surface area contributed by atoms with Crippen molar-refractivity contribution >= 4 is 29.1 Å². The topological polar surface area (TPSA) is 56.0 Å². The largest absolute Gasteiger partial charge is 0.411 e. The number of carbonyl (C=O) groups is 1. The van der Waals surface area contributed by atoms with Crippen LogP contribution in [0.25, 0.3) is 11.5 Å². The van der Waals surface area contributed by atoms with E-state index in [2.05, 4.69) is 10.2 Å². The van der Waals surface area contributed by atoms with E-state index in [1.165, 1.54) is 11.8 Å². The highest BCUT2D eigenvalue weighted by atomic mass is 35.5. The fourth-order valence-electron chi connectivity index (χ4n) is 2.23. The number of hydrogen-bond acceptors (Lipinski definition) is 5. The molecule has 0 saturated carbocycles. The molecule has 0 aliphatic rings. The lowest BCUT2D eigenvalue weighted by atomic mass is 10.1. The standard InChI is InChI=1S/C18H15ClN2O2S/c1-11-5-3-4-6-15(11)17-20-21-18(23-17)24-12(2)16(22)13-7-9-14(19)10-8-13/h3-10,12H,1-2H3/t12-/m0/s1. The number of benzene rings is 2. The molecule has 24 heavy (non-hydrogen) atoms. The second kappa shape index (κ2) is 7.20. The zero-order chi connectivity index (χ0) is 17.1. The van der Waals surface area contributed by atoms with Gasteiger partial charge >= 0.3 is 0 Å². The molecule has 1 heterocycles. The summed E-state index contributed by atoms with van der Waals surface area (Å²) in [5.74, 6) is 0.453. The summed E-state index contributed by atoms with van der Waals surface area (Å²) in [6.07, 6.45) is 0. The van der Waals surface area contributed by atoms with Crippen molar-refractivity contribution in [3.05, 3.63) is 64.7 Å². The SMILES string of the molecule is Cc1ccccc1-c1nnc(S[C@@H](C)C(=O)c2ccc(Cl)cc2)o1. The predicted octanol–water partition coefficient (Wildman–Crippen LogP) is 5.06. The lowest BCUT2D eigenvalue weighted by Crippen LogP contribution is -2.13. The van der Waals surface area contributed by atoms with E-state index in [0.29, 0.717) is 21.7 Å². The fraction of sp³-hybridized carbons (Fsp3) is 0.167. The van der Waals surface area contributed by atoms with Gasteiger partial charge in [0.1, 0.15) is 0 Å². The molecule has 0 bridgehead atoms. The number of halogens is 1. The Kier molecular flexibility index (Phi) is 5.02. The lowest BCUT2D eigenvalue weighted by molar-refractivity contribution is 0.0993. The third-order valence-corrected chi connectivity index (χ3v) is 4.74. The van der Waals surface area contributed by atoms with E-state index in [-0.39, 0.29) is 11.0 Å². The maximum atomic E-state index is 12.4. The van der Waals surface area contributed by atoms with Gasteiger partial charge in [0.05, 0.1) is 5.25 Å². The number of Topliss-reactive ketones (excluding diaryl/α,β-unsaturated/α-hetero) is 1. The number of nitrogens with zero attached hydrogens (tertiary/aromatic N) is 2. The van der Waals surface area contributed by atoms with Crippen molar-refractivity contribution in [2.24, 2.45) is 0 Å². The molecule has 0 saturated heterocycles. The molecule has 0 aliphatic carbocycles. The van der Waals surface area contributed by atoms with E-state index >= 15 is 0 Å². The number of thioether (sulfide) groups is 1. The number of aryl methyl sites for hydroxylation is 1. The van der Waals surface area contributed by atoms with Gasteiger partial charge in [0.2, 0.25) is 5.89 Å². The monoisotopic (exact) mass is 358 g/mol. The average Bonchev–Trinajstić information content (AvgIpc) is 3.03. The first kappa shape index (κ1) is 16.7. The average molecular weight is 359 g/mol. The van der Waals surface area contributed by atoms with Gasteiger partial charge in [-0.15, -0.1) is 10.2 Å². The highest BCUT2D eigenvalue weighted by Gasteiger charge is 2.20. The van der Waals surface area contributed by atoms with Gasteiger partial charge in [0, 0.05) is 16.1 Å². The second-order valence-electron chi connectivity index (χ2n) is 5.32. The molecule has 3 aromatic rings. The first-order valence-electron chi connectivity index (χ1n) is 7.40. The summed E-state index contributed by atoms with van der Waals surface area (Å²) in [5, 5.41) is 8.76. The molecule has 3 rings (SSSR count). The summed E-state index contributed by atoms with van der Waals surface area (Å²) in [6, 6.07) is 14.6. The summed E-state index contributed by atoms with van der Waals surface area (Å²) in [4.78, 5) is 12.4. The van der Waals surface area contributed by atoms with Gasteiger partial charge in [-0.1, -0.05) is 41.6 Å². The van der Waals surface area contributed by atoms with E-state index in [9.17, 15) is 4.79 Å². The molecule has 0 amide bonds. The van der Waals surface area contributed by atoms with Crippen LogP contribution in [0.4, 0.5) is 0 Å². The molecule has 0 unspecified atom stereocenters. The van der Waals surface area contributed by atoms with E-state index in [1.54, 1.807) is 24.3 Å². The minimum atomic E-state index is -0.337. The Morgan fingerprint density at radius 2 is 1.83 bits per heavy atom. The third-order valence-electron chi connectivity index (χ3n) is 3.56. The maximum Gasteiger partial charge on any atom is 0.277 e. The maximum absolute atomic E-state index is 12.4. The summed E-state index contributed by atoms with van der Waals surface area (Å²) in [7, 11) is 0. The fourth-order valence-corrected chi connectivity index (χ4v) is 3.12. The first-order valence-corrected chi connectivity index (χ1v) is 8.66. The lowest BCUT2D eigenvalue weighted by Gasteiger charge is -2.07. The molecule has 4 nitrogen and oxygen atoms in total. The van der Waals surface area contributed by atoms with Crippen molar-refractivity contribution in [2.75, 3.05) is 0 Å². The van der Waals surface area contributed by atoms with Crippen LogP contribution in [0.2, 0.25) is 5.02 Å². The second-order valence-corrected chi connectivity index (χ2v) is 7.05. The summed E-state index contributed by atoms with van der Waals surface area (Å²) in [6.45, 7) is 3.80. The van der Waals surface area contributed by atoms with Crippen molar-refractivity contribution in [3.8, 4) is 11.5 Å². The van der Waals surface area contributed by atoms with Gasteiger partial charge in [-0.2, -0.15) is 0 Å². The van der Waals surface area contributed by atoms with Crippen LogP contribution in [-0.2, 0) is 0 Å². The predicted molar refractivity (Wildman–Crippen MR) is 95.6 cm³/mol. The number of aromatic nitrogens is 2. The van der Waals surface area contributed by atoms with Crippen LogP contribution in [0, 0.1) is 6.92 Å². The minimum absolute atomic E-state index is 0.00712. The molecule has 1 aromatic heterocycles. The van der Waals surface area contributed by atoms with Crippen LogP contribution in [-0.4, -0.2) is 21.2 Å². The number of ketones is 1. The Morgan fingerprint density at radius 3 is 2.54 bits per heavy atom. The number of rotatable bonds is 5. The zero-order valence-electron chi connectivity index (χ0n) is 13.2. The molecule has 1 atom stereocenters. The number of carbonyl (C=O) groups excluding carboxylic acids is 1. The van der Waals surface area contributed by atoms with Crippen LogP contribution < -0.4 is 0 Å². The van der Waals surface area contributed by atoms with Crippen molar-refractivity contribution in [1.82, 2.24) is 10.2 Å². The quantitative estimate of drug-likeness (QED) is 0.471.